The zero-order chi connectivity index (χ0) is 16.1. The van der Waals surface area contributed by atoms with Crippen LogP contribution in [0.1, 0.15) is 0 Å². The van der Waals surface area contributed by atoms with E-state index in [1.165, 1.54) is 0 Å². The zero-order valence-electron chi connectivity index (χ0n) is 12.7. The molecule has 0 bridgehead atoms. The number of halogens is 1. The van der Waals surface area contributed by atoms with E-state index < -0.39 is 0 Å². The van der Waals surface area contributed by atoms with Crippen LogP contribution in [0.2, 0.25) is 5.02 Å². The van der Waals surface area contributed by atoms with Crippen LogP contribution in [0.15, 0.2) is 77.2 Å². The molecule has 0 aliphatic carbocycles. The van der Waals surface area contributed by atoms with Crippen molar-refractivity contribution >= 4 is 44.6 Å². The molecule has 0 aliphatic rings. The molecule has 0 atom stereocenters. The van der Waals surface area contributed by atoms with E-state index in [0.717, 1.165) is 49.1 Å². The number of rotatable bonds is 1. The van der Waals surface area contributed by atoms with E-state index in [1.807, 2.05) is 60.7 Å². The molecule has 0 amide bonds. The van der Waals surface area contributed by atoms with Crippen molar-refractivity contribution in [1.29, 1.82) is 0 Å². The summed E-state index contributed by atoms with van der Waals surface area (Å²) in [7, 11) is 0. The predicted molar refractivity (Wildman–Crippen MR) is 99.5 cm³/mol. The first kappa shape index (κ1) is 13.6. The molecule has 2 heterocycles. The molecule has 2 aromatic heterocycles. The van der Waals surface area contributed by atoms with Gasteiger partial charge < -0.3 is 4.42 Å². The Morgan fingerprint density at radius 2 is 1.46 bits per heavy atom. The third-order valence-corrected chi connectivity index (χ3v) is 4.59. The lowest BCUT2D eigenvalue weighted by Gasteiger charge is -2.08. The third-order valence-electron chi connectivity index (χ3n) is 4.33. The molecule has 0 saturated carbocycles. The van der Waals surface area contributed by atoms with Crippen LogP contribution in [0.5, 0.6) is 0 Å². The van der Waals surface area contributed by atoms with Gasteiger partial charge in [0.1, 0.15) is 11.1 Å². The van der Waals surface area contributed by atoms with Gasteiger partial charge in [-0.2, -0.15) is 0 Å². The highest BCUT2D eigenvalue weighted by Gasteiger charge is 2.17. The summed E-state index contributed by atoms with van der Waals surface area (Å²) in [6, 6.07) is 24.0. The number of benzene rings is 3. The number of nitrogens with zero attached hydrogens (tertiary/aromatic N) is 1. The van der Waals surface area contributed by atoms with Gasteiger partial charge >= 0.3 is 0 Å². The molecule has 0 radical (unpaired) electrons. The molecular weight excluding hydrogens is 318 g/mol. The average molecular weight is 330 g/mol. The molecular formula is C21H12ClNO. The summed E-state index contributed by atoms with van der Waals surface area (Å²) >= 11 is 6.06. The number of hydrogen-bond acceptors (Lipinski definition) is 2. The van der Waals surface area contributed by atoms with Gasteiger partial charge in [0.05, 0.1) is 5.52 Å². The van der Waals surface area contributed by atoms with Gasteiger partial charge in [-0.15, -0.1) is 0 Å². The Kier molecular flexibility index (Phi) is 2.88. The molecule has 0 unspecified atom stereocenters. The quantitative estimate of drug-likeness (QED) is 0.353. The third kappa shape index (κ3) is 1.93. The maximum atomic E-state index is 6.18. The SMILES string of the molecule is Clc1ccc(-c2c3ccccc3nc3c2oc2ccccc23)cc1. The minimum absolute atomic E-state index is 0.720. The second-order valence-electron chi connectivity index (χ2n) is 5.79. The van der Waals surface area contributed by atoms with E-state index in [0.29, 0.717) is 0 Å². The molecule has 0 fully saturated rings. The summed E-state index contributed by atoms with van der Waals surface area (Å²) < 4.78 is 6.18. The van der Waals surface area contributed by atoms with E-state index in [-0.39, 0.29) is 0 Å². The fourth-order valence-corrected chi connectivity index (χ4v) is 3.37. The first-order valence-corrected chi connectivity index (χ1v) is 8.15. The molecule has 0 aliphatic heterocycles. The van der Waals surface area contributed by atoms with Crippen molar-refractivity contribution in [2.75, 3.05) is 0 Å². The van der Waals surface area contributed by atoms with E-state index >= 15 is 0 Å². The minimum Gasteiger partial charge on any atom is -0.454 e. The van der Waals surface area contributed by atoms with Crippen LogP contribution in [0, 0.1) is 0 Å². The minimum atomic E-state index is 0.720. The number of furan rings is 1. The molecule has 114 valence electrons. The smallest absolute Gasteiger partial charge is 0.162 e. The molecule has 0 N–H and O–H groups in total. The molecule has 0 saturated heterocycles. The van der Waals surface area contributed by atoms with Gasteiger partial charge in [-0.1, -0.05) is 54.1 Å². The van der Waals surface area contributed by atoms with E-state index in [9.17, 15) is 0 Å². The number of fused-ring (bicyclic) bond motifs is 4. The van der Waals surface area contributed by atoms with Gasteiger partial charge in [0.2, 0.25) is 0 Å². The number of para-hydroxylation sites is 2. The summed E-state index contributed by atoms with van der Waals surface area (Å²) in [5.41, 5.74) is 5.66. The Hall–Kier alpha value is -2.84. The Bertz CT molecular complexity index is 1210. The van der Waals surface area contributed by atoms with Crippen LogP contribution >= 0.6 is 11.6 Å². The van der Waals surface area contributed by atoms with Gasteiger partial charge in [-0.3, -0.25) is 0 Å². The average Bonchev–Trinajstić information content (AvgIpc) is 2.99. The summed E-state index contributed by atoms with van der Waals surface area (Å²) in [4.78, 5) is 4.85. The standard InChI is InChI=1S/C21H12ClNO/c22-14-11-9-13(10-12-14)19-15-5-1-3-7-17(15)23-20-16-6-2-4-8-18(16)24-21(19)20/h1-12H. The van der Waals surface area contributed by atoms with Crippen molar-refractivity contribution in [3.8, 4) is 11.1 Å². The maximum absolute atomic E-state index is 6.18. The van der Waals surface area contributed by atoms with E-state index in [2.05, 4.69) is 12.1 Å². The lowest BCUT2D eigenvalue weighted by atomic mass is 9.99. The zero-order valence-corrected chi connectivity index (χ0v) is 13.4. The summed E-state index contributed by atoms with van der Waals surface area (Å²) in [5, 5.41) is 2.83. The largest absolute Gasteiger partial charge is 0.454 e. The second kappa shape index (κ2) is 5.08. The van der Waals surface area contributed by atoms with E-state index in [4.69, 9.17) is 21.0 Å². The highest BCUT2D eigenvalue weighted by atomic mass is 35.5. The predicted octanol–water partition coefficient (Wildman–Crippen LogP) is 6.45. The van der Waals surface area contributed by atoms with Crippen LogP contribution in [0.25, 0.3) is 44.1 Å². The normalized spacial score (nSPS) is 11.5. The first-order valence-electron chi connectivity index (χ1n) is 7.77. The highest BCUT2D eigenvalue weighted by molar-refractivity contribution is 6.30. The van der Waals surface area contributed by atoms with Crippen LogP contribution < -0.4 is 0 Å². The Morgan fingerprint density at radius 3 is 2.29 bits per heavy atom. The Morgan fingerprint density at radius 1 is 0.750 bits per heavy atom. The fraction of sp³-hybridized carbons (Fsp3) is 0. The molecule has 3 aromatic carbocycles. The number of pyridine rings is 1. The Labute approximate surface area is 143 Å². The maximum Gasteiger partial charge on any atom is 0.162 e. The topological polar surface area (TPSA) is 26.0 Å². The molecule has 3 heteroatoms. The molecule has 5 rings (SSSR count). The van der Waals surface area contributed by atoms with Crippen LogP contribution in [0.4, 0.5) is 0 Å². The molecule has 24 heavy (non-hydrogen) atoms. The summed E-state index contributed by atoms with van der Waals surface area (Å²) in [6.45, 7) is 0. The lowest BCUT2D eigenvalue weighted by Crippen LogP contribution is -1.86. The monoisotopic (exact) mass is 329 g/mol. The summed E-state index contributed by atoms with van der Waals surface area (Å²) in [5.74, 6) is 0. The number of hydrogen-bond donors (Lipinski definition) is 0. The molecule has 5 aromatic rings. The van der Waals surface area contributed by atoms with E-state index in [1.54, 1.807) is 0 Å². The van der Waals surface area contributed by atoms with Gasteiger partial charge in [-0.05, 0) is 35.9 Å². The van der Waals surface area contributed by atoms with Crippen molar-refractivity contribution in [3.05, 3.63) is 77.8 Å². The highest BCUT2D eigenvalue weighted by Crippen LogP contribution is 2.39. The fourth-order valence-electron chi connectivity index (χ4n) is 3.24. The molecule has 2 nitrogen and oxygen atoms in total. The van der Waals surface area contributed by atoms with Crippen molar-refractivity contribution in [2.45, 2.75) is 0 Å². The van der Waals surface area contributed by atoms with Gasteiger partial charge in [0.15, 0.2) is 5.58 Å². The first-order chi connectivity index (χ1) is 11.8. The van der Waals surface area contributed by atoms with Crippen LogP contribution in [-0.4, -0.2) is 4.98 Å². The van der Waals surface area contributed by atoms with Crippen molar-refractivity contribution in [2.24, 2.45) is 0 Å². The number of aromatic nitrogens is 1. The molecule has 0 spiro atoms. The van der Waals surface area contributed by atoms with Crippen molar-refractivity contribution in [3.63, 3.8) is 0 Å². The van der Waals surface area contributed by atoms with Crippen LogP contribution in [-0.2, 0) is 0 Å². The van der Waals surface area contributed by atoms with Gasteiger partial charge in [-0.25, -0.2) is 4.98 Å². The van der Waals surface area contributed by atoms with Crippen molar-refractivity contribution in [1.82, 2.24) is 4.98 Å². The van der Waals surface area contributed by atoms with Crippen LogP contribution in [0.3, 0.4) is 0 Å². The van der Waals surface area contributed by atoms with Crippen molar-refractivity contribution < 1.29 is 4.42 Å². The second-order valence-corrected chi connectivity index (χ2v) is 6.22. The Balaban J connectivity index is 2.02. The van der Waals surface area contributed by atoms with Gasteiger partial charge in [0, 0.05) is 21.4 Å². The lowest BCUT2D eigenvalue weighted by molar-refractivity contribution is 0.670. The summed E-state index contributed by atoms with van der Waals surface area (Å²) in [6.07, 6.45) is 0. The van der Waals surface area contributed by atoms with Gasteiger partial charge in [0.25, 0.3) is 0 Å².